The van der Waals surface area contributed by atoms with Crippen molar-refractivity contribution in [1.82, 2.24) is 4.90 Å². The molecule has 130 valence electrons. The van der Waals surface area contributed by atoms with Crippen LogP contribution in [0.4, 0.5) is 18.9 Å². The van der Waals surface area contributed by atoms with Crippen LogP contribution in [0.2, 0.25) is 5.02 Å². The number of amides is 1. The second kappa shape index (κ2) is 5.61. The van der Waals surface area contributed by atoms with Crippen LogP contribution >= 0.6 is 11.6 Å². The third kappa shape index (κ3) is 2.53. The van der Waals surface area contributed by atoms with Crippen molar-refractivity contribution in [3.63, 3.8) is 0 Å². The molecule has 5 nitrogen and oxygen atoms in total. The summed E-state index contributed by atoms with van der Waals surface area (Å²) in [6, 6.07) is 3.54. The molecule has 0 bridgehead atoms. The van der Waals surface area contributed by atoms with E-state index in [9.17, 15) is 28.1 Å². The lowest BCUT2D eigenvalue weighted by Gasteiger charge is -2.31. The second-order valence-corrected chi connectivity index (χ2v) is 6.78. The summed E-state index contributed by atoms with van der Waals surface area (Å²) in [5, 5.41) is 11.2. The molecule has 1 heterocycles. The van der Waals surface area contributed by atoms with Crippen LogP contribution in [0, 0.1) is 21.4 Å². The Labute approximate surface area is 140 Å². The van der Waals surface area contributed by atoms with E-state index in [-0.39, 0.29) is 23.6 Å². The largest absolute Gasteiger partial charge is 0.396 e. The minimum Gasteiger partial charge on any atom is -0.337 e. The number of benzene rings is 1. The number of rotatable bonds is 2. The molecule has 2 fully saturated rings. The van der Waals surface area contributed by atoms with Gasteiger partial charge in [0, 0.05) is 24.2 Å². The molecule has 0 radical (unpaired) electrons. The number of carbonyl (C=O) groups is 1. The first kappa shape index (κ1) is 17.0. The van der Waals surface area contributed by atoms with Crippen molar-refractivity contribution in [2.24, 2.45) is 11.3 Å². The molecule has 2 aliphatic rings. The standard InChI is InChI=1S/C15H14ClF3N2O3/c16-10-3-4-11(12(6-10)21(23)24)13(22)20-7-9-2-1-5-14(9,8-20)15(17,18)19/h3-4,6,9H,1-2,5,7-8H2/t9-,14-/m0/s1. The molecule has 1 amide bonds. The molecule has 1 saturated carbocycles. The number of alkyl halides is 3. The Bertz CT molecular complexity index is 710. The fourth-order valence-corrected chi connectivity index (χ4v) is 4.08. The molecule has 0 spiro atoms. The van der Waals surface area contributed by atoms with Crippen LogP contribution in [0.5, 0.6) is 0 Å². The van der Waals surface area contributed by atoms with E-state index in [1.54, 1.807) is 0 Å². The predicted molar refractivity (Wildman–Crippen MR) is 79.8 cm³/mol. The lowest BCUT2D eigenvalue weighted by atomic mass is 9.80. The smallest absolute Gasteiger partial charge is 0.337 e. The van der Waals surface area contributed by atoms with Gasteiger partial charge in [0.15, 0.2) is 0 Å². The van der Waals surface area contributed by atoms with Crippen molar-refractivity contribution >= 4 is 23.2 Å². The van der Waals surface area contributed by atoms with E-state index in [0.29, 0.717) is 12.8 Å². The first-order valence-electron chi connectivity index (χ1n) is 7.46. The monoisotopic (exact) mass is 362 g/mol. The average molecular weight is 363 g/mol. The number of nitro benzene ring substituents is 1. The van der Waals surface area contributed by atoms with E-state index in [0.717, 1.165) is 11.0 Å². The average Bonchev–Trinajstić information content (AvgIpc) is 3.03. The Morgan fingerprint density at radius 3 is 2.71 bits per heavy atom. The van der Waals surface area contributed by atoms with Gasteiger partial charge in [0.1, 0.15) is 5.56 Å². The molecule has 9 heteroatoms. The fraction of sp³-hybridized carbons (Fsp3) is 0.533. The van der Waals surface area contributed by atoms with Crippen LogP contribution in [0.3, 0.4) is 0 Å². The van der Waals surface area contributed by atoms with Crippen molar-refractivity contribution in [2.75, 3.05) is 13.1 Å². The van der Waals surface area contributed by atoms with Gasteiger partial charge in [-0.3, -0.25) is 14.9 Å². The highest BCUT2D eigenvalue weighted by molar-refractivity contribution is 6.31. The van der Waals surface area contributed by atoms with Crippen LogP contribution in [-0.2, 0) is 0 Å². The lowest BCUT2D eigenvalue weighted by Crippen LogP contribution is -2.42. The van der Waals surface area contributed by atoms with Crippen LogP contribution in [0.15, 0.2) is 18.2 Å². The summed E-state index contributed by atoms with van der Waals surface area (Å²) < 4.78 is 40.6. The van der Waals surface area contributed by atoms with Gasteiger partial charge in [0.2, 0.25) is 0 Å². The minimum atomic E-state index is -4.39. The number of fused-ring (bicyclic) bond motifs is 1. The Hall–Kier alpha value is -1.83. The molecular weight excluding hydrogens is 349 g/mol. The molecule has 2 atom stereocenters. The van der Waals surface area contributed by atoms with Gasteiger partial charge >= 0.3 is 6.18 Å². The summed E-state index contributed by atoms with van der Waals surface area (Å²) in [6.07, 6.45) is -3.51. The molecule has 0 unspecified atom stereocenters. The summed E-state index contributed by atoms with van der Waals surface area (Å²) in [7, 11) is 0. The van der Waals surface area contributed by atoms with Crippen LogP contribution < -0.4 is 0 Å². The van der Waals surface area contributed by atoms with Crippen molar-refractivity contribution < 1.29 is 22.9 Å². The van der Waals surface area contributed by atoms with Crippen molar-refractivity contribution in [3.8, 4) is 0 Å². The first-order chi connectivity index (χ1) is 11.2. The zero-order valence-electron chi connectivity index (χ0n) is 12.5. The summed E-state index contributed by atoms with van der Waals surface area (Å²) >= 11 is 5.71. The maximum absolute atomic E-state index is 13.5. The number of nitro groups is 1. The Morgan fingerprint density at radius 2 is 2.12 bits per heavy atom. The van der Waals surface area contributed by atoms with E-state index >= 15 is 0 Å². The molecular formula is C15H14ClF3N2O3. The molecule has 1 aliphatic carbocycles. The third-order valence-corrected chi connectivity index (χ3v) is 5.34. The highest BCUT2D eigenvalue weighted by atomic mass is 35.5. The molecule has 1 aromatic rings. The van der Waals surface area contributed by atoms with E-state index < -0.39 is 40.6 Å². The maximum Gasteiger partial charge on any atom is 0.396 e. The molecule has 1 aliphatic heterocycles. The highest BCUT2D eigenvalue weighted by Gasteiger charge is 2.65. The zero-order chi connectivity index (χ0) is 17.7. The van der Waals surface area contributed by atoms with Crippen LogP contribution in [-0.4, -0.2) is 35.0 Å². The fourth-order valence-electron chi connectivity index (χ4n) is 3.91. The third-order valence-electron chi connectivity index (χ3n) is 5.11. The van der Waals surface area contributed by atoms with Gasteiger partial charge in [-0.05, 0) is 30.9 Å². The molecule has 1 saturated heterocycles. The summed E-state index contributed by atoms with van der Waals surface area (Å²) in [4.78, 5) is 24.0. The van der Waals surface area contributed by atoms with Gasteiger partial charge < -0.3 is 4.90 Å². The Balaban J connectivity index is 1.92. The number of likely N-dealkylation sites (tertiary alicyclic amines) is 1. The SMILES string of the molecule is O=C(c1ccc(Cl)cc1[N+](=O)[O-])N1C[C@@H]2CCC[C@]2(C(F)(F)F)C1. The molecule has 0 N–H and O–H groups in total. The number of hydrogen-bond donors (Lipinski definition) is 0. The van der Waals surface area contributed by atoms with Crippen LogP contribution in [0.25, 0.3) is 0 Å². The van der Waals surface area contributed by atoms with E-state index in [4.69, 9.17) is 11.6 Å². The van der Waals surface area contributed by atoms with E-state index in [2.05, 4.69) is 0 Å². The molecule has 1 aromatic carbocycles. The molecule has 0 aromatic heterocycles. The highest BCUT2D eigenvalue weighted by Crippen LogP contribution is 2.57. The number of halogens is 4. The predicted octanol–water partition coefficient (Wildman–Crippen LogP) is 4.05. The number of nitrogens with zero attached hydrogens (tertiary/aromatic N) is 2. The summed E-state index contributed by atoms with van der Waals surface area (Å²) in [6.45, 7) is -0.474. The van der Waals surface area contributed by atoms with Crippen molar-refractivity contribution in [1.29, 1.82) is 0 Å². The van der Waals surface area contributed by atoms with E-state index in [1.165, 1.54) is 12.1 Å². The van der Waals surface area contributed by atoms with Gasteiger partial charge in [-0.25, -0.2) is 0 Å². The van der Waals surface area contributed by atoms with Crippen molar-refractivity contribution in [3.05, 3.63) is 38.9 Å². The number of carbonyl (C=O) groups excluding carboxylic acids is 1. The van der Waals surface area contributed by atoms with Gasteiger partial charge in [-0.15, -0.1) is 0 Å². The second-order valence-electron chi connectivity index (χ2n) is 6.35. The summed E-state index contributed by atoms with van der Waals surface area (Å²) in [5.74, 6) is -1.40. The quantitative estimate of drug-likeness (QED) is 0.589. The Kier molecular flexibility index (Phi) is 3.98. The van der Waals surface area contributed by atoms with Crippen molar-refractivity contribution in [2.45, 2.75) is 25.4 Å². The normalized spacial score (nSPS) is 26.5. The topological polar surface area (TPSA) is 63.4 Å². The Morgan fingerprint density at radius 1 is 1.42 bits per heavy atom. The van der Waals surface area contributed by atoms with E-state index in [1.807, 2.05) is 0 Å². The van der Waals surface area contributed by atoms with Gasteiger partial charge in [0.05, 0.1) is 10.3 Å². The number of hydrogen-bond acceptors (Lipinski definition) is 3. The lowest BCUT2D eigenvalue weighted by molar-refractivity contribution is -0.385. The first-order valence-corrected chi connectivity index (χ1v) is 7.83. The maximum atomic E-state index is 13.5. The van der Waals surface area contributed by atoms with Crippen LogP contribution in [0.1, 0.15) is 29.6 Å². The minimum absolute atomic E-state index is 0.00629. The van der Waals surface area contributed by atoms with Gasteiger partial charge in [-0.2, -0.15) is 13.2 Å². The van der Waals surface area contributed by atoms with Gasteiger partial charge in [0.25, 0.3) is 11.6 Å². The zero-order valence-corrected chi connectivity index (χ0v) is 13.2. The summed E-state index contributed by atoms with van der Waals surface area (Å²) in [5.41, 5.74) is -2.61. The van der Waals surface area contributed by atoms with Gasteiger partial charge in [-0.1, -0.05) is 18.0 Å². The molecule has 24 heavy (non-hydrogen) atoms. The molecule has 3 rings (SSSR count).